The minimum atomic E-state index is -0.485. The molecule has 1 aromatic carbocycles. The van der Waals surface area contributed by atoms with Crippen LogP contribution in [0, 0.1) is 5.41 Å². The van der Waals surface area contributed by atoms with Crippen molar-refractivity contribution in [3.05, 3.63) is 48.2 Å². The van der Waals surface area contributed by atoms with Crippen molar-refractivity contribution in [3.63, 3.8) is 0 Å². The second kappa shape index (κ2) is 7.12. The van der Waals surface area contributed by atoms with Crippen LogP contribution in [0.25, 0.3) is 0 Å². The lowest BCUT2D eigenvalue weighted by Crippen LogP contribution is -2.27. The molecule has 2 N–H and O–H groups in total. The van der Waals surface area contributed by atoms with E-state index in [9.17, 15) is 9.59 Å². The number of hydrogen-bond acceptors (Lipinski definition) is 4. The Morgan fingerprint density at radius 3 is 2.17 bits per heavy atom. The second-order valence-corrected chi connectivity index (χ2v) is 6.32. The number of benzene rings is 1. The maximum Gasteiger partial charge on any atom is 0.256 e. The molecule has 0 bridgehead atoms. The van der Waals surface area contributed by atoms with Crippen LogP contribution in [0.3, 0.4) is 0 Å². The quantitative estimate of drug-likeness (QED) is 0.902. The topological polar surface area (TPSA) is 80.3 Å². The van der Waals surface area contributed by atoms with Gasteiger partial charge in [0.1, 0.15) is 11.6 Å². The van der Waals surface area contributed by atoms with E-state index in [-0.39, 0.29) is 11.8 Å². The summed E-state index contributed by atoms with van der Waals surface area (Å²) in [6.07, 6.45) is 1.51. The predicted molar refractivity (Wildman–Crippen MR) is 93.3 cm³/mol. The van der Waals surface area contributed by atoms with E-state index in [1.54, 1.807) is 43.5 Å². The lowest BCUT2D eigenvalue weighted by Gasteiger charge is -2.17. The molecule has 0 saturated carbocycles. The van der Waals surface area contributed by atoms with Gasteiger partial charge in [0.25, 0.3) is 5.91 Å². The van der Waals surface area contributed by atoms with Gasteiger partial charge < -0.3 is 15.4 Å². The van der Waals surface area contributed by atoms with E-state index < -0.39 is 5.41 Å². The van der Waals surface area contributed by atoms with Gasteiger partial charge in [-0.1, -0.05) is 20.8 Å². The summed E-state index contributed by atoms with van der Waals surface area (Å²) in [4.78, 5) is 28.2. The van der Waals surface area contributed by atoms with Gasteiger partial charge in [-0.15, -0.1) is 0 Å². The summed E-state index contributed by atoms with van der Waals surface area (Å²) in [5.41, 5.74) is 0.599. The standard InChI is InChI=1S/C18H21N3O3/c1-18(2,3)17(23)20-13-7-10-15(19-11-13)21-16(22)12-5-8-14(24-4)9-6-12/h5-11H,1-4H3,(H,20,23)(H,19,21,22). The largest absolute Gasteiger partial charge is 0.497 e. The zero-order chi connectivity index (χ0) is 17.7. The monoisotopic (exact) mass is 327 g/mol. The van der Waals surface area contributed by atoms with Crippen LogP contribution in [0.15, 0.2) is 42.6 Å². The van der Waals surface area contributed by atoms with Gasteiger partial charge in [0.2, 0.25) is 5.91 Å². The average Bonchev–Trinajstić information content (AvgIpc) is 2.55. The summed E-state index contributed by atoms with van der Waals surface area (Å²) in [7, 11) is 1.57. The number of amides is 2. The highest BCUT2D eigenvalue weighted by molar-refractivity contribution is 6.04. The number of hydrogen-bond donors (Lipinski definition) is 2. The maximum absolute atomic E-state index is 12.1. The minimum Gasteiger partial charge on any atom is -0.497 e. The number of aromatic nitrogens is 1. The Morgan fingerprint density at radius 1 is 1.00 bits per heavy atom. The first-order valence-corrected chi connectivity index (χ1v) is 7.52. The molecular weight excluding hydrogens is 306 g/mol. The number of nitrogens with zero attached hydrogens (tertiary/aromatic N) is 1. The summed E-state index contributed by atoms with van der Waals surface area (Å²) in [5, 5.41) is 5.48. The fourth-order valence-corrected chi connectivity index (χ4v) is 1.79. The van der Waals surface area contributed by atoms with E-state index in [1.807, 2.05) is 20.8 Å². The zero-order valence-corrected chi connectivity index (χ0v) is 14.2. The van der Waals surface area contributed by atoms with Crippen LogP contribution < -0.4 is 15.4 Å². The Bertz CT molecular complexity index is 717. The molecule has 126 valence electrons. The summed E-state index contributed by atoms with van der Waals surface area (Å²) in [6.45, 7) is 5.50. The van der Waals surface area contributed by atoms with Crippen molar-refractivity contribution in [2.75, 3.05) is 17.7 Å². The second-order valence-electron chi connectivity index (χ2n) is 6.32. The van der Waals surface area contributed by atoms with Gasteiger partial charge in [0.15, 0.2) is 0 Å². The van der Waals surface area contributed by atoms with Crippen molar-refractivity contribution in [2.45, 2.75) is 20.8 Å². The van der Waals surface area contributed by atoms with Crippen LogP contribution in [-0.4, -0.2) is 23.9 Å². The number of carbonyl (C=O) groups excluding carboxylic acids is 2. The molecule has 0 aliphatic rings. The number of pyridine rings is 1. The lowest BCUT2D eigenvalue weighted by atomic mass is 9.96. The van der Waals surface area contributed by atoms with Crippen molar-refractivity contribution in [1.29, 1.82) is 0 Å². The fourth-order valence-electron chi connectivity index (χ4n) is 1.79. The molecule has 1 aromatic heterocycles. The molecule has 6 heteroatoms. The van der Waals surface area contributed by atoms with Gasteiger partial charge in [-0.3, -0.25) is 9.59 Å². The van der Waals surface area contributed by atoms with E-state index in [2.05, 4.69) is 15.6 Å². The summed E-state index contributed by atoms with van der Waals surface area (Å²) < 4.78 is 5.06. The Balaban J connectivity index is 2.00. The van der Waals surface area contributed by atoms with E-state index in [0.717, 1.165) is 0 Å². The van der Waals surface area contributed by atoms with Gasteiger partial charge in [-0.2, -0.15) is 0 Å². The molecule has 0 spiro atoms. The highest BCUT2D eigenvalue weighted by atomic mass is 16.5. The molecule has 2 amide bonds. The molecule has 0 fully saturated rings. The number of carbonyl (C=O) groups is 2. The van der Waals surface area contributed by atoms with Crippen LogP contribution in [0.2, 0.25) is 0 Å². The molecular formula is C18H21N3O3. The van der Waals surface area contributed by atoms with Crippen molar-refractivity contribution >= 4 is 23.3 Å². The maximum atomic E-state index is 12.1. The SMILES string of the molecule is COc1ccc(C(=O)Nc2ccc(NC(=O)C(C)(C)C)cn2)cc1. The normalized spacial score (nSPS) is 10.8. The number of anilines is 2. The predicted octanol–water partition coefficient (Wildman–Crippen LogP) is 3.33. The number of ether oxygens (including phenoxy) is 1. The third-order valence-electron chi connectivity index (χ3n) is 3.30. The lowest BCUT2D eigenvalue weighted by molar-refractivity contribution is -0.123. The van der Waals surface area contributed by atoms with Crippen LogP contribution >= 0.6 is 0 Å². The molecule has 2 rings (SSSR count). The fraction of sp³-hybridized carbons (Fsp3) is 0.278. The first kappa shape index (κ1) is 17.5. The summed E-state index contributed by atoms with van der Waals surface area (Å²) in [5.74, 6) is 0.726. The third-order valence-corrected chi connectivity index (χ3v) is 3.30. The van der Waals surface area contributed by atoms with E-state index in [1.165, 1.54) is 6.20 Å². The molecule has 0 radical (unpaired) electrons. The number of rotatable bonds is 4. The van der Waals surface area contributed by atoms with Crippen LogP contribution in [-0.2, 0) is 4.79 Å². The average molecular weight is 327 g/mol. The number of methoxy groups -OCH3 is 1. The molecule has 0 aliphatic heterocycles. The van der Waals surface area contributed by atoms with Crippen LogP contribution in [0.5, 0.6) is 5.75 Å². The van der Waals surface area contributed by atoms with Crippen LogP contribution in [0.4, 0.5) is 11.5 Å². The van der Waals surface area contributed by atoms with Crippen LogP contribution in [0.1, 0.15) is 31.1 Å². The molecule has 0 saturated heterocycles. The zero-order valence-electron chi connectivity index (χ0n) is 14.2. The Labute approximate surface area is 141 Å². The third kappa shape index (κ3) is 4.55. The van der Waals surface area contributed by atoms with Gasteiger partial charge in [-0.25, -0.2) is 4.98 Å². The van der Waals surface area contributed by atoms with E-state index in [0.29, 0.717) is 22.8 Å². The Morgan fingerprint density at radius 2 is 1.67 bits per heavy atom. The van der Waals surface area contributed by atoms with Crippen molar-refractivity contribution in [3.8, 4) is 5.75 Å². The summed E-state index contributed by atoms with van der Waals surface area (Å²) >= 11 is 0. The van der Waals surface area contributed by atoms with Gasteiger partial charge >= 0.3 is 0 Å². The summed E-state index contributed by atoms with van der Waals surface area (Å²) in [6, 6.07) is 10.1. The van der Waals surface area contributed by atoms with Gasteiger partial charge in [0, 0.05) is 11.0 Å². The molecule has 1 heterocycles. The molecule has 0 aliphatic carbocycles. The first-order chi connectivity index (χ1) is 11.3. The smallest absolute Gasteiger partial charge is 0.256 e. The van der Waals surface area contributed by atoms with E-state index in [4.69, 9.17) is 4.74 Å². The Kier molecular flexibility index (Phi) is 5.18. The van der Waals surface area contributed by atoms with Gasteiger partial charge in [-0.05, 0) is 36.4 Å². The molecule has 0 unspecified atom stereocenters. The highest BCUT2D eigenvalue weighted by Crippen LogP contribution is 2.18. The van der Waals surface area contributed by atoms with Crippen molar-refractivity contribution in [1.82, 2.24) is 4.98 Å². The number of nitrogens with one attached hydrogen (secondary N) is 2. The van der Waals surface area contributed by atoms with Gasteiger partial charge in [0.05, 0.1) is 19.0 Å². The van der Waals surface area contributed by atoms with Crippen molar-refractivity contribution < 1.29 is 14.3 Å². The van der Waals surface area contributed by atoms with E-state index >= 15 is 0 Å². The Hall–Kier alpha value is -2.89. The van der Waals surface area contributed by atoms with Crippen molar-refractivity contribution in [2.24, 2.45) is 5.41 Å². The highest BCUT2D eigenvalue weighted by Gasteiger charge is 2.21. The molecule has 6 nitrogen and oxygen atoms in total. The first-order valence-electron chi connectivity index (χ1n) is 7.52. The molecule has 2 aromatic rings. The molecule has 24 heavy (non-hydrogen) atoms. The molecule has 0 atom stereocenters. The minimum absolute atomic E-state index is 0.0979.